The number of methoxy groups -OCH3 is 1. The van der Waals surface area contributed by atoms with Gasteiger partial charge in [-0.05, 0) is 46.4 Å². The lowest BCUT2D eigenvalue weighted by molar-refractivity contribution is -0.110. The van der Waals surface area contributed by atoms with Gasteiger partial charge in [-0.25, -0.2) is 0 Å². The predicted octanol–water partition coefficient (Wildman–Crippen LogP) is 4.36. The van der Waals surface area contributed by atoms with E-state index in [1.54, 1.807) is 36.7 Å². The van der Waals surface area contributed by atoms with Crippen LogP contribution in [-0.2, 0) is 4.79 Å². The molecule has 0 saturated carbocycles. The molecule has 0 unspecified atom stereocenters. The van der Waals surface area contributed by atoms with E-state index in [1.807, 2.05) is 30.3 Å². The Hall–Kier alpha value is -0.400. The van der Waals surface area contributed by atoms with Crippen LogP contribution in [-0.4, -0.2) is 24.4 Å². The fraction of sp³-hybridized carbons (Fsp3) is 0.214. The molecule has 0 aromatic heterocycles. The summed E-state index contributed by atoms with van der Waals surface area (Å²) in [5, 5.41) is 0. The lowest BCUT2D eigenvalue weighted by Crippen LogP contribution is -1.92. The molecule has 1 aliphatic rings. The lowest BCUT2D eigenvalue weighted by atomic mass is 10.2. The number of rotatable bonds is 4. The summed E-state index contributed by atoms with van der Waals surface area (Å²) in [5.74, 6) is 3.09. The van der Waals surface area contributed by atoms with Gasteiger partial charge in [0.25, 0.3) is 0 Å². The average molecular weight is 404 g/mol. The maximum atomic E-state index is 12.0. The first-order valence-corrected chi connectivity index (χ1v) is 8.77. The van der Waals surface area contributed by atoms with Crippen molar-refractivity contribution in [2.24, 2.45) is 0 Å². The number of benzene rings is 1. The molecule has 0 atom stereocenters. The van der Waals surface area contributed by atoms with Crippen molar-refractivity contribution >= 4 is 58.0 Å². The molecule has 2 rings (SSSR count). The van der Waals surface area contributed by atoms with E-state index in [0.29, 0.717) is 0 Å². The number of allylic oxidation sites excluding steroid dienone is 2. The Morgan fingerprint density at radius 1 is 1.26 bits per heavy atom. The van der Waals surface area contributed by atoms with Gasteiger partial charge in [0, 0.05) is 11.5 Å². The minimum absolute atomic E-state index is 0.0771. The maximum absolute atomic E-state index is 12.0. The van der Waals surface area contributed by atoms with Crippen LogP contribution in [0.3, 0.4) is 0 Å². The van der Waals surface area contributed by atoms with Crippen molar-refractivity contribution in [3.8, 4) is 5.75 Å². The zero-order valence-corrected chi connectivity index (χ0v) is 14.2. The summed E-state index contributed by atoms with van der Waals surface area (Å²) in [6.07, 6.45) is 3.47. The molecule has 1 aromatic carbocycles. The van der Waals surface area contributed by atoms with Gasteiger partial charge >= 0.3 is 0 Å². The second-order valence-electron chi connectivity index (χ2n) is 3.77. The standard InChI is InChI=1S/C14H13IO2S2/c1-17-11-5-2-10(3-6-11)4-7-12(16)13(15)14-18-8-9-19-14/h2-7H,8-9H2,1H3/b7-4+. The highest BCUT2D eigenvalue weighted by molar-refractivity contribution is 14.1. The van der Waals surface area contributed by atoms with Crippen LogP contribution in [0.4, 0.5) is 0 Å². The van der Waals surface area contributed by atoms with Crippen LogP contribution >= 0.6 is 46.1 Å². The number of thioether (sulfide) groups is 2. The van der Waals surface area contributed by atoms with Crippen molar-refractivity contribution in [3.63, 3.8) is 0 Å². The van der Waals surface area contributed by atoms with E-state index < -0.39 is 0 Å². The minimum atomic E-state index is 0.0771. The van der Waals surface area contributed by atoms with E-state index in [-0.39, 0.29) is 5.78 Å². The quantitative estimate of drug-likeness (QED) is 0.550. The predicted molar refractivity (Wildman–Crippen MR) is 93.0 cm³/mol. The molecular weight excluding hydrogens is 391 g/mol. The van der Waals surface area contributed by atoms with Crippen molar-refractivity contribution in [2.45, 2.75) is 0 Å². The highest BCUT2D eigenvalue weighted by Crippen LogP contribution is 2.40. The summed E-state index contributed by atoms with van der Waals surface area (Å²) < 4.78 is 7.08. The van der Waals surface area contributed by atoms with Crippen LogP contribution in [0.2, 0.25) is 0 Å². The van der Waals surface area contributed by atoms with Crippen molar-refractivity contribution in [2.75, 3.05) is 18.6 Å². The van der Waals surface area contributed by atoms with Gasteiger partial charge in [-0.1, -0.05) is 18.2 Å². The van der Waals surface area contributed by atoms with Gasteiger partial charge in [0.1, 0.15) is 5.75 Å². The fourth-order valence-corrected chi connectivity index (χ4v) is 4.94. The molecule has 1 saturated heterocycles. The number of ketones is 1. The first kappa shape index (κ1) is 15.0. The summed E-state index contributed by atoms with van der Waals surface area (Å²) in [5.41, 5.74) is 0.995. The van der Waals surface area contributed by atoms with E-state index >= 15 is 0 Å². The Balaban J connectivity index is 2.05. The van der Waals surface area contributed by atoms with Crippen LogP contribution in [0.25, 0.3) is 6.08 Å². The third kappa shape index (κ3) is 4.29. The Morgan fingerprint density at radius 3 is 2.47 bits per heavy atom. The molecule has 19 heavy (non-hydrogen) atoms. The van der Waals surface area contributed by atoms with Crippen LogP contribution in [0, 0.1) is 0 Å². The highest BCUT2D eigenvalue weighted by atomic mass is 127. The lowest BCUT2D eigenvalue weighted by Gasteiger charge is -2.00. The monoisotopic (exact) mass is 404 g/mol. The smallest absolute Gasteiger partial charge is 0.193 e. The van der Waals surface area contributed by atoms with Crippen molar-refractivity contribution < 1.29 is 9.53 Å². The second kappa shape index (κ2) is 7.40. The van der Waals surface area contributed by atoms with Gasteiger partial charge in [0.15, 0.2) is 5.78 Å². The number of hydrogen-bond donors (Lipinski definition) is 0. The van der Waals surface area contributed by atoms with Gasteiger partial charge in [-0.3, -0.25) is 4.79 Å². The van der Waals surface area contributed by atoms with Crippen LogP contribution < -0.4 is 4.74 Å². The number of carbonyl (C=O) groups is 1. The molecule has 1 aromatic rings. The maximum Gasteiger partial charge on any atom is 0.193 e. The molecule has 1 aliphatic heterocycles. The average Bonchev–Trinajstić information content (AvgIpc) is 2.98. The Bertz CT molecular complexity index is 513. The van der Waals surface area contributed by atoms with E-state index in [4.69, 9.17) is 4.74 Å². The van der Waals surface area contributed by atoms with E-state index in [9.17, 15) is 4.79 Å². The summed E-state index contributed by atoms with van der Waals surface area (Å²) in [6, 6.07) is 7.63. The number of hydrogen-bond acceptors (Lipinski definition) is 4. The van der Waals surface area contributed by atoms with E-state index in [0.717, 1.165) is 30.6 Å². The van der Waals surface area contributed by atoms with Gasteiger partial charge in [0.05, 0.1) is 14.9 Å². The van der Waals surface area contributed by atoms with Gasteiger partial charge in [0.2, 0.25) is 0 Å². The van der Waals surface area contributed by atoms with Gasteiger partial charge in [-0.15, -0.1) is 23.5 Å². The topological polar surface area (TPSA) is 26.3 Å². The molecular formula is C14H13IO2S2. The molecule has 0 amide bonds. The summed E-state index contributed by atoms with van der Waals surface area (Å²) in [7, 11) is 1.64. The van der Waals surface area contributed by atoms with Gasteiger partial charge < -0.3 is 4.74 Å². The normalized spacial score (nSPS) is 14.9. The number of halogens is 1. The van der Waals surface area contributed by atoms with Gasteiger partial charge in [-0.2, -0.15) is 0 Å². The molecule has 1 heterocycles. The highest BCUT2D eigenvalue weighted by Gasteiger charge is 2.15. The molecule has 0 bridgehead atoms. The third-order valence-corrected chi connectivity index (χ3v) is 7.01. The molecule has 1 fully saturated rings. The van der Waals surface area contributed by atoms with Crippen LogP contribution in [0.1, 0.15) is 5.56 Å². The fourth-order valence-electron chi connectivity index (χ4n) is 1.50. The van der Waals surface area contributed by atoms with Crippen LogP contribution in [0.5, 0.6) is 5.75 Å². The first-order chi connectivity index (χ1) is 9.20. The number of ether oxygens (including phenoxy) is 1. The minimum Gasteiger partial charge on any atom is -0.497 e. The molecule has 0 aliphatic carbocycles. The van der Waals surface area contributed by atoms with Crippen LogP contribution in [0.15, 0.2) is 38.2 Å². The Labute approximate surface area is 135 Å². The molecule has 5 heteroatoms. The largest absolute Gasteiger partial charge is 0.497 e. The third-order valence-electron chi connectivity index (χ3n) is 2.49. The van der Waals surface area contributed by atoms with Crippen molar-refractivity contribution in [3.05, 3.63) is 43.7 Å². The van der Waals surface area contributed by atoms with Crippen molar-refractivity contribution in [1.82, 2.24) is 0 Å². The Morgan fingerprint density at radius 2 is 1.89 bits per heavy atom. The Kier molecular flexibility index (Phi) is 5.84. The van der Waals surface area contributed by atoms with E-state index in [2.05, 4.69) is 22.6 Å². The zero-order valence-electron chi connectivity index (χ0n) is 10.4. The molecule has 2 nitrogen and oxygen atoms in total. The molecule has 0 spiro atoms. The molecule has 100 valence electrons. The summed E-state index contributed by atoms with van der Waals surface area (Å²) in [4.78, 5) is 12.0. The van der Waals surface area contributed by atoms with E-state index in [1.165, 1.54) is 0 Å². The summed E-state index contributed by atoms with van der Waals surface area (Å²) in [6.45, 7) is 0. The summed E-state index contributed by atoms with van der Waals surface area (Å²) >= 11 is 5.68. The zero-order chi connectivity index (χ0) is 13.7. The molecule has 0 N–H and O–H groups in total. The molecule has 0 radical (unpaired) electrons. The van der Waals surface area contributed by atoms with Crippen molar-refractivity contribution in [1.29, 1.82) is 0 Å². The second-order valence-corrected chi connectivity index (χ2v) is 7.32. The first-order valence-electron chi connectivity index (χ1n) is 5.72. The number of carbonyl (C=O) groups excluding carboxylic acids is 1. The SMILES string of the molecule is COc1ccc(/C=C/C(=O)C(I)=C2SCCS2)cc1.